The van der Waals surface area contributed by atoms with Crippen LogP contribution in [0.4, 0.5) is 0 Å². The molecule has 0 bridgehead atoms. The van der Waals surface area contributed by atoms with E-state index in [1.807, 2.05) is 0 Å². The van der Waals surface area contributed by atoms with E-state index >= 15 is 0 Å². The van der Waals surface area contributed by atoms with Crippen LogP contribution in [0.5, 0.6) is 0 Å². The SMILES string of the molecule is CC1(C)CCC(c2noc(C3(O)CCNCC3)n2)CC1. The van der Waals surface area contributed by atoms with Crippen molar-refractivity contribution in [3.8, 4) is 0 Å². The molecule has 3 rings (SSSR count). The number of nitrogens with zero attached hydrogens (tertiary/aromatic N) is 2. The second-order valence-corrected chi connectivity index (χ2v) is 7.18. The molecule has 112 valence electrons. The first kappa shape index (κ1) is 14.0. The van der Waals surface area contributed by atoms with E-state index in [9.17, 15) is 5.11 Å². The minimum absolute atomic E-state index is 0.394. The highest BCUT2D eigenvalue weighted by atomic mass is 16.5. The monoisotopic (exact) mass is 279 g/mol. The molecular weight excluding hydrogens is 254 g/mol. The van der Waals surface area contributed by atoms with Crippen LogP contribution in [-0.2, 0) is 5.60 Å². The molecule has 0 aromatic carbocycles. The third kappa shape index (κ3) is 2.74. The molecule has 0 atom stereocenters. The number of aliphatic hydroxyl groups is 1. The summed E-state index contributed by atoms with van der Waals surface area (Å²) in [6, 6.07) is 0. The number of hydrogen-bond donors (Lipinski definition) is 2. The van der Waals surface area contributed by atoms with E-state index in [1.54, 1.807) is 0 Å². The highest BCUT2D eigenvalue weighted by Gasteiger charge is 2.38. The van der Waals surface area contributed by atoms with Gasteiger partial charge in [0.1, 0.15) is 5.60 Å². The Morgan fingerprint density at radius 1 is 1.15 bits per heavy atom. The second kappa shape index (κ2) is 5.11. The standard InChI is InChI=1S/C15H25N3O2/c1-14(2)5-3-11(4-6-14)12-17-13(20-18-12)15(19)7-9-16-10-8-15/h11,16,19H,3-10H2,1-2H3. The molecule has 1 saturated carbocycles. The topological polar surface area (TPSA) is 71.2 Å². The zero-order valence-electron chi connectivity index (χ0n) is 12.5. The van der Waals surface area contributed by atoms with Crippen LogP contribution < -0.4 is 5.32 Å². The fourth-order valence-corrected chi connectivity index (χ4v) is 3.30. The highest BCUT2D eigenvalue weighted by Crippen LogP contribution is 2.42. The number of piperidine rings is 1. The Hall–Kier alpha value is -0.940. The fourth-order valence-electron chi connectivity index (χ4n) is 3.30. The van der Waals surface area contributed by atoms with Crippen molar-refractivity contribution in [3.63, 3.8) is 0 Å². The van der Waals surface area contributed by atoms with Gasteiger partial charge in [-0.25, -0.2) is 0 Å². The van der Waals surface area contributed by atoms with Gasteiger partial charge in [0, 0.05) is 5.92 Å². The molecule has 0 amide bonds. The molecule has 2 aliphatic rings. The zero-order chi connectivity index (χ0) is 14.2. The van der Waals surface area contributed by atoms with Crippen LogP contribution in [0.1, 0.15) is 70.0 Å². The van der Waals surface area contributed by atoms with E-state index in [4.69, 9.17) is 4.52 Å². The number of aromatic nitrogens is 2. The molecule has 1 aliphatic heterocycles. The molecule has 2 fully saturated rings. The van der Waals surface area contributed by atoms with E-state index in [0.29, 0.717) is 30.1 Å². The zero-order valence-corrected chi connectivity index (χ0v) is 12.5. The van der Waals surface area contributed by atoms with Crippen molar-refractivity contribution < 1.29 is 9.63 Å². The van der Waals surface area contributed by atoms with Crippen LogP contribution in [0.2, 0.25) is 0 Å². The van der Waals surface area contributed by atoms with Crippen molar-refractivity contribution in [3.05, 3.63) is 11.7 Å². The molecule has 0 unspecified atom stereocenters. The molecule has 20 heavy (non-hydrogen) atoms. The molecule has 2 heterocycles. The Morgan fingerprint density at radius 2 is 1.80 bits per heavy atom. The molecular formula is C15H25N3O2. The van der Waals surface area contributed by atoms with E-state index < -0.39 is 5.60 Å². The number of rotatable bonds is 2. The molecule has 5 heteroatoms. The lowest BCUT2D eigenvalue weighted by Gasteiger charge is -2.33. The van der Waals surface area contributed by atoms with Gasteiger partial charge in [-0.2, -0.15) is 4.98 Å². The normalized spacial score (nSPS) is 26.6. The van der Waals surface area contributed by atoms with E-state index in [1.165, 1.54) is 12.8 Å². The van der Waals surface area contributed by atoms with Crippen LogP contribution in [0.15, 0.2) is 4.52 Å². The maximum absolute atomic E-state index is 10.6. The first-order valence-electron chi connectivity index (χ1n) is 7.76. The van der Waals surface area contributed by atoms with E-state index in [0.717, 1.165) is 31.8 Å². The van der Waals surface area contributed by atoms with Gasteiger partial charge < -0.3 is 14.9 Å². The first-order valence-corrected chi connectivity index (χ1v) is 7.76. The summed E-state index contributed by atoms with van der Waals surface area (Å²) < 4.78 is 5.37. The average molecular weight is 279 g/mol. The van der Waals surface area contributed by atoms with Gasteiger partial charge in [0.05, 0.1) is 0 Å². The van der Waals surface area contributed by atoms with Gasteiger partial charge in [-0.1, -0.05) is 19.0 Å². The summed E-state index contributed by atoms with van der Waals surface area (Å²) in [6.45, 7) is 6.24. The lowest BCUT2D eigenvalue weighted by molar-refractivity contribution is -0.0228. The van der Waals surface area contributed by atoms with Gasteiger partial charge in [-0.15, -0.1) is 0 Å². The fraction of sp³-hybridized carbons (Fsp3) is 0.867. The van der Waals surface area contributed by atoms with Gasteiger partial charge in [-0.3, -0.25) is 0 Å². The van der Waals surface area contributed by atoms with Gasteiger partial charge in [0.15, 0.2) is 5.82 Å². The molecule has 1 aromatic heterocycles. The van der Waals surface area contributed by atoms with Gasteiger partial charge in [0.25, 0.3) is 5.89 Å². The Balaban J connectivity index is 1.71. The van der Waals surface area contributed by atoms with Crippen molar-refractivity contribution in [2.24, 2.45) is 5.41 Å². The molecule has 1 saturated heterocycles. The predicted molar refractivity (Wildman–Crippen MR) is 75.3 cm³/mol. The molecule has 0 spiro atoms. The average Bonchev–Trinajstić information content (AvgIpc) is 2.90. The largest absolute Gasteiger partial charge is 0.380 e. The second-order valence-electron chi connectivity index (χ2n) is 7.18. The summed E-state index contributed by atoms with van der Waals surface area (Å²) in [6.07, 6.45) is 5.93. The maximum atomic E-state index is 10.6. The van der Waals surface area contributed by atoms with Crippen LogP contribution in [0.25, 0.3) is 0 Å². The Labute approximate surface area is 120 Å². The minimum atomic E-state index is -0.926. The minimum Gasteiger partial charge on any atom is -0.380 e. The summed E-state index contributed by atoms with van der Waals surface area (Å²) in [4.78, 5) is 4.52. The molecule has 1 aliphatic carbocycles. The smallest absolute Gasteiger partial charge is 0.258 e. The van der Waals surface area contributed by atoms with Gasteiger partial charge in [-0.05, 0) is 57.0 Å². The van der Waals surface area contributed by atoms with Crippen molar-refractivity contribution in [2.45, 2.75) is 63.9 Å². The summed E-state index contributed by atoms with van der Waals surface area (Å²) in [7, 11) is 0. The van der Waals surface area contributed by atoms with Crippen LogP contribution in [0.3, 0.4) is 0 Å². The van der Waals surface area contributed by atoms with Crippen LogP contribution >= 0.6 is 0 Å². The van der Waals surface area contributed by atoms with Crippen molar-refractivity contribution in [1.82, 2.24) is 15.5 Å². The Bertz CT molecular complexity index is 453. The van der Waals surface area contributed by atoms with Crippen LogP contribution in [-0.4, -0.2) is 28.3 Å². The van der Waals surface area contributed by atoms with Crippen molar-refractivity contribution in [1.29, 1.82) is 0 Å². The quantitative estimate of drug-likeness (QED) is 0.869. The molecule has 2 N–H and O–H groups in total. The molecule has 5 nitrogen and oxygen atoms in total. The van der Waals surface area contributed by atoms with Gasteiger partial charge >= 0.3 is 0 Å². The van der Waals surface area contributed by atoms with Gasteiger partial charge in [0.2, 0.25) is 0 Å². The third-order valence-electron chi connectivity index (χ3n) is 4.97. The summed E-state index contributed by atoms with van der Waals surface area (Å²) in [5.41, 5.74) is -0.485. The summed E-state index contributed by atoms with van der Waals surface area (Å²) in [5.74, 6) is 1.60. The maximum Gasteiger partial charge on any atom is 0.258 e. The van der Waals surface area contributed by atoms with Crippen LogP contribution in [0, 0.1) is 5.41 Å². The summed E-state index contributed by atoms with van der Waals surface area (Å²) in [5, 5.41) is 18.0. The number of hydrogen-bond acceptors (Lipinski definition) is 5. The molecule has 1 aromatic rings. The van der Waals surface area contributed by atoms with Crippen molar-refractivity contribution in [2.75, 3.05) is 13.1 Å². The summed E-state index contributed by atoms with van der Waals surface area (Å²) >= 11 is 0. The number of nitrogens with one attached hydrogen (secondary N) is 1. The molecule has 0 radical (unpaired) electrons. The van der Waals surface area contributed by atoms with E-state index in [2.05, 4.69) is 29.3 Å². The Kier molecular flexibility index (Phi) is 3.58. The lowest BCUT2D eigenvalue weighted by Crippen LogP contribution is -2.40. The third-order valence-corrected chi connectivity index (χ3v) is 4.97. The lowest BCUT2D eigenvalue weighted by atomic mass is 9.73. The predicted octanol–water partition coefficient (Wildman–Crippen LogP) is 2.32. The highest BCUT2D eigenvalue weighted by molar-refractivity contribution is 5.05. The van der Waals surface area contributed by atoms with E-state index in [-0.39, 0.29) is 0 Å². The first-order chi connectivity index (χ1) is 9.49. The Morgan fingerprint density at radius 3 is 2.45 bits per heavy atom. The van der Waals surface area contributed by atoms with Crippen molar-refractivity contribution >= 4 is 0 Å².